The standard InChI is InChI=1S/C73H122N4O54/c1-16-35(91)43(99)49(105)68(112-16)129-60-32(75-18(3)88)63(110)113-29(14-86)57(60)126-64-31(74-17(2)87)42(98)54(26(11-83)119-64)125-73-62(131-69-48(104)38(94)23(8-80)118-69)61(130-72-53(109)47(103)56(28(13-85)121-72)124-66-34(77-20(5)90)59(40(96)25(10-82)115-66)128-71-51(107)45(101)37(93)22(7-79)117-71)41(97)30(122-73)15-111-67-52(108)46(102)55(27(12-84)120-67)123-65-33(76-19(4)89)58(39(95)24(9-81)114-65)127-70-50(106)44(100)36(92)21(6-78)116-70/h16,21-73,78-86,91-110H,6-15H2,1-5H3,(H,74,87)(H,75,88)(H,76,89)(H,77,90)/t16-,21+,22+,23+,24+,25+,26+,27+,28+,29+,30+,31+,32+,33+,34+,35+,36-,37-,38-,39+,40+,41+,42+,43+,44-,45-,46+,47+,48+,49-,50+,51+,52-,53-,54+,55+,56+,57+,58+,59+,60+,61-,62-,63+,64-,65-,66-,67-,68-,69-,70-,71-,72+,73-/m0/s1. The van der Waals surface area contributed by atoms with Gasteiger partial charge in [-0.25, -0.2) is 0 Å². The second-order valence-corrected chi connectivity index (χ2v) is 33.3. The molecule has 0 saturated carbocycles. The van der Waals surface area contributed by atoms with E-state index in [4.69, 9.17) is 99.5 Å². The zero-order valence-corrected chi connectivity index (χ0v) is 70.4. The van der Waals surface area contributed by atoms with Crippen LogP contribution >= 0.6 is 0 Å². The third kappa shape index (κ3) is 23.5. The fourth-order valence-electron chi connectivity index (χ4n) is 17.2. The van der Waals surface area contributed by atoms with Crippen LogP contribution in [0.5, 0.6) is 0 Å². The highest BCUT2D eigenvalue weighted by molar-refractivity contribution is 5.74. The first-order chi connectivity index (χ1) is 62.0. The Labute approximate surface area is 741 Å². The zero-order valence-electron chi connectivity index (χ0n) is 70.4. The molecule has 0 aliphatic carbocycles. The molecule has 11 aliphatic rings. The van der Waals surface area contributed by atoms with E-state index in [1.807, 2.05) is 0 Å². The van der Waals surface area contributed by atoms with Crippen LogP contribution in [0.1, 0.15) is 34.6 Å². The Morgan fingerprint density at radius 3 is 0.901 bits per heavy atom. The van der Waals surface area contributed by atoms with Gasteiger partial charge < -0.3 is 269 Å². The van der Waals surface area contributed by atoms with E-state index >= 15 is 0 Å². The first-order valence-electron chi connectivity index (χ1n) is 41.9. The van der Waals surface area contributed by atoms with E-state index in [1.165, 1.54) is 6.92 Å². The van der Waals surface area contributed by atoms with Crippen molar-refractivity contribution >= 4 is 23.6 Å². The minimum absolute atomic E-state index is 0.881. The van der Waals surface area contributed by atoms with Gasteiger partial charge in [0.15, 0.2) is 69.2 Å². The molecule has 131 heavy (non-hydrogen) atoms. The van der Waals surface area contributed by atoms with E-state index in [2.05, 4.69) is 21.3 Å². The Morgan fingerprint density at radius 2 is 0.473 bits per heavy atom. The van der Waals surface area contributed by atoms with Gasteiger partial charge in [0, 0.05) is 27.7 Å². The normalized spacial score (nSPS) is 50.0. The number of aliphatic hydroxyl groups is 29. The zero-order chi connectivity index (χ0) is 96.2. The van der Waals surface area contributed by atoms with E-state index < -0.39 is 421 Å². The summed E-state index contributed by atoms with van der Waals surface area (Å²) < 4.78 is 126. The Balaban J connectivity index is 0.936. The Bertz CT molecular complexity index is 3570. The molecule has 0 unspecified atom stereocenters. The Hall–Kier alpha value is -4.12. The lowest BCUT2D eigenvalue weighted by Gasteiger charge is -2.52. The number of hydrogen-bond acceptors (Lipinski definition) is 54. The molecule has 0 spiro atoms. The second kappa shape index (κ2) is 46.8. The molecular formula is C73H122N4O54. The predicted molar refractivity (Wildman–Crippen MR) is 401 cm³/mol. The third-order valence-electron chi connectivity index (χ3n) is 24.2. The summed E-state index contributed by atoms with van der Waals surface area (Å²) in [5.74, 6) is -3.79. The predicted octanol–water partition coefficient (Wildman–Crippen LogP) is -22.7. The minimum Gasteiger partial charge on any atom is -0.394 e. The van der Waals surface area contributed by atoms with Crippen molar-refractivity contribution in [2.45, 2.75) is 366 Å². The molecule has 58 nitrogen and oxygen atoms in total. The van der Waals surface area contributed by atoms with Gasteiger partial charge in [0.25, 0.3) is 0 Å². The fourth-order valence-corrected chi connectivity index (χ4v) is 17.2. The molecule has 33 N–H and O–H groups in total. The number of hydrogen-bond donors (Lipinski definition) is 33. The van der Waals surface area contributed by atoms with Crippen molar-refractivity contribution in [2.75, 3.05) is 66.1 Å². The lowest BCUT2D eigenvalue weighted by atomic mass is 9.93. The highest BCUT2D eigenvalue weighted by atomic mass is 16.8. The van der Waals surface area contributed by atoms with E-state index in [0.717, 1.165) is 27.7 Å². The number of nitrogens with one attached hydrogen (secondary N) is 4. The number of amides is 4. The van der Waals surface area contributed by atoms with Crippen molar-refractivity contribution in [1.82, 2.24) is 21.3 Å². The lowest BCUT2D eigenvalue weighted by Crippen LogP contribution is -2.71. The molecule has 11 aliphatic heterocycles. The fraction of sp³-hybridized carbons (Fsp3) is 0.945. The average molecular weight is 1920 g/mol. The number of carbonyl (C=O) groups excluding carboxylic acids is 4. The topological polar surface area (TPSA) is 897 Å². The average Bonchev–Trinajstić information content (AvgIpc) is 1.77. The maximum absolute atomic E-state index is 13.5. The maximum atomic E-state index is 13.5. The van der Waals surface area contributed by atoms with Gasteiger partial charge >= 0.3 is 0 Å². The quantitative estimate of drug-likeness (QED) is 0.0284. The van der Waals surface area contributed by atoms with Crippen molar-refractivity contribution in [3.8, 4) is 0 Å². The summed E-state index contributed by atoms with van der Waals surface area (Å²) in [6.07, 6.45) is -105. The van der Waals surface area contributed by atoms with E-state index in [1.54, 1.807) is 0 Å². The molecule has 0 bridgehead atoms. The SMILES string of the molecule is CC(=O)N[C@@H]1[C@@H](O[C@@H]2O[C@@H](C)[C@@H](O)[C@@H](O)[C@@H]2O)[C@H](O[C@@H]2O[C@H](CO)[C@@H](O[C@@H]3O[C@H](CO[C@H]4O[C@H](CO)[C@@H](O[C@@H]5O[C@H](CO)[C@@H](O)[C@H](O[C@@H]6O[C@H](CO)[C@H](O)[C@H](O)[C@H]6O)[C@H]5NC(C)=O)[C@H](O)[C@@H]4O)[C@@H](O)[C@H](O[C@H]4O[C@H](CO)[C@@H](O[C@@H]5O[C@H](CO)[C@@H](O)[C@H](O[C@@H]6O[C@H](CO)[C@H](O)[C@H](O)[C@H]6O)[C@H]5NC(C)=O)[C@H](O)[C@@H]4O)[C@@H]3O[C@@H]3O[C@H](CO)[C@H](O)[C@H]3O)[C@H](O)[C@H]2NC(C)=O)[C@@H](CO)O[C@H]1O. The first-order valence-corrected chi connectivity index (χ1v) is 41.9. The van der Waals surface area contributed by atoms with Gasteiger partial charge in [0.05, 0.1) is 72.2 Å². The molecule has 0 radical (unpaired) electrons. The van der Waals surface area contributed by atoms with Gasteiger partial charge in [0.2, 0.25) is 23.6 Å². The minimum atomic E-state index is -2.62. The van der Waals surface area contributed by atoms with Crippen LogP contribution in [0, 0.1) is 0 Å². The number of carbonyl (C=O) groups is 4. The van der Waals surface area contributed by atoms with Gasteiger partial charge in [-0.1, -0.05) is 0 Å². The highest BCUT2D eigenvalue weighted by Crippen LogP contribution is 2.43. The summed E-state index contributed by atoms with van der Waals surface area (Å²) in [6.45, 7) is -6.44. The van der Waals surface area contributed by atoms with Gasteiger partial charge in [-0.2, -0.15) is 0 Å². The van der Waals surface area contributed by atoms with Crippen molar-refractivity contribution in [1.29, 1.82) is 0 Å². The molecule has 11 fully saturated rings. The van der Waals surface area contributed by atoms with Gasteiger partial charge in [-0.15, -0.1) is 0 Å². The van der Waals surface area contributed by atoms with Crippen LogP contribution in [0.3, 0.4) is 0 Å². The third-order valence-corrected chi connectivity index (χ3v) is 24.2. The Morgan fingerprint density at radius 1 is 0.214 bits per heavy atom. The first kappa shape index (κ1) is 107. The van der Waals surface area contributed by atoms with E-state index in [0.29, 0.717) is 0 Å². The summed E-state index contributed by atoms with van der Waals surface area (Å²) in [4.78, 5) is 52.2. The molecule has 11 rings (SSSR count). The summed E-state index contributed by atoms with van der Waals surface area (Å²) >= 11 is 0. The summed E-state index contributed by atoms with van der Waals surface area (Å²) in [7, 11) is 0. The van der Waals surface area contributed by atoms with Crippen LogP contribution in [0.25, 0.3) is 0 Å². The van der Waals surface area contributed by atoms with E-state index in [9.17, 15) is 167 Å². The number of ether oxygens (including phenoxy) is 21. The van der Waals surface area contributed by atoms with Crippen LogP contribution < -0.4 is 21.3 Å². The highest BCUT2D eigenvalue weighted by Gasteiger charge is 2.63. The molecule has 0 aromatic carbocycles. The van der Waals surface area contributed by atoms with Crippen LogP contribution in [-0.2, 0) is 119 Å². The molecule has 0 aromatic heterocycles. The van der Waals surface area contributed by atoms with Crippen molar-refractivity contribution in [3.63, 3.8) is 0 Å². The molecule has 11 saturated heterocycles. The number of aliphatic hydroxyl groups excluding tert-OH is 29. The monoisotopic (exact) mass is 1920 g/mol. The molecule has 758 valence electrons. The van der Waals surface area contributed by atoms with Crippen LogP contribution in [0.15, 0.2) is 0 Å². The van der Waals surface area contributed by atoms with Crippen LogP contribution in [-0.4, -0.2) is 569 Å². The van der Waals surface area contributed by atoms with Crippen LogP contribution in [0.2, 0.25) is 0 Å². The molecular weight excluding hydrogens is 1800 g/mol. The summed E-state index contributed by atoms with van der Waals surface area (Å²) in [5, 5.41) is 334. The van der Waals surface area contributed by atoms with Crippen LogP contribution in [0.4, 0.5) is 0 Å². The molecule has 4 amide bonds. The van der Waals surface area contributed by atoms with E-state index in [-0.39, 0.29) is 0 Å². The molecule has 0 aromatic rings. The number of rotatable bonds is 34. The van der Waals surface area contributed by atoms with Crippen molar-refractivity contribution < 1.29 is 267 Å². The summed E-state index contributed by atoms with van der Waals surface area (Å²) in [5.41, 5.74) is 0. The lowest BCUT2D eigenvalue weighted by molar-refractivity contribution is -0.404. The maximum Gasteiger partial charge on any atom is 0.217 e. The smallest absolute Gasteiger partial charge is 0.217 e. The van der Waals surface area contributed by atoms with Crippen molar-refractivity contribution in [3.05, 3.63) is 0 Å². The summed E-state index contributed by atoms with van der Waals surface area (Å²) in [6, 6.07) is -7.64. The van der Waals surface area contributed by atoms with Gasteiger partial charge in [-0.3, -0.25) is 19.2 Å². The molecule has 11 heterocycles. The van der Waals surface area contributed by atoms with Crippen molar-refractivity contribution in [2.24, 2.45) is 0 Å². The molecule has 58 heteroatoms. The van der Waals surface area contributed by atoms with Gasteiger partial charge in [-0.05, 0) is 6.92 Å². The Kier molecular flexibility index (Phi) is 38.3. The second-order valence-electron chi connectivity index (χ2n) is 33.3. The molecule has 54 atom stereocenters. The van der Waals surface area contributed by atoms with Gasteiger partial charge in [0.1, 0.15) is 256 Å². The largest absolute Gasteiger partial charge is 0.394 e.